The summed E-state index contributed by atoms with van der Waals surface area (Å²) in [6.45, 7) is 4.43. The van der Waals surface area contributed by atoms with E-state index in [0.717, 1.165) is 51.0 Å². The number of halogens is 1. The maximum Gasteiger partial charge on any atom is 0.254 e. The Bertz CT molecular complexity index is 602. The molecule has 0 bridgehead atoms. The van der Waals surface area contributed by atoms with Gasteiger partial charge in [-0.05, 0) is 38.0 Å². The Morgan fingerprint density at radius 3 is 2.68 bits per heavy atom. The van der Waals surface area contributed by atoms with Crippen LogP contribution in [0.15, 0.2) is 24.3 Å². The summed E-state index contributed by atoms with van der Waals surface area (Å²) in [5.74, 6) is 0.249. The smallest absolute Gasteiger partial charge is 0.254 e. The maximum atomic E-state index is 12.7. The van der Waals surface area contributed by atoms with Crippen LogP contribution in [0.4, 0.5) is 5.69 Å². The van der Waals surface area contributed by atoms with Gasteiger partial charge in [0.05, 0.1) is 0 Å². The van der Waals surface area contributed by atoms with E-state index < -0.39 is 0 Å². The molecule has 1 aliphatic carbocycles. The van der Waals surface area contributed by atoms with Crippen LogP contribution in [0, 0.1) is 5.92 Å². The van der Waals surface area contributed by atoms with Crippen molar-refractivity contribution in [2.45, 2.75) is 45.1 Å². The lowest BCUT2D eigenvalue weighted by molar-refractivity contribution is -0.120. The predicted octanol–water partition coefficient (Wildman–Crippen LogP) is 3.06. The molecule has 1 atom stereocenters. The number of nitrogens with zero attached hydrogens (tertiary/aromatic N) is 1. The number of amides is 2. The van der Waals surface area contributed by atoms with Crippen LogP contribution >= 0.6 is 12.4 Å². The normalized spacial score (nSPS) is 21.3. The molecule has 2 aliphatic rings. The van der Waals surface area contributed by atoms with Gasteiger partial charge in [-0.1, -0.05) is 25.3 Å². The highest BCUT2D eigenvalue weighted by Gasteiger charge is 2.25. The fourth-order valence-electron chi connectivity index (χ4n) is 3.65. The second kappa shape index (κ2) is 9.20. The number of benzene rings is 1. The van der Waals surface area contributed by atoms with Crippen molar-refractivity contribution in [1.82, 2.24) is 10.2 Å². The van der Waals surface area contributed by atoms with Crippen LogP contribution in [0.2, 0.25) is 0 Å². The average Bonchev–Trinajstić information content (AvgIpc) is 2.62. The van der Waals surface area contributed by atoms with E-state index in [1.807, 2.05) is 23.1 Å². The van der Waals surface area contributed by atoms with Crippen LogP contribution < -0.4 is 10.6 Å². The molecule has 2 N–H and O–H groups in total. The lowest BCUT2D eigenvalue weighted by Crippen LogP contribution is -2.52. The fraction of sp³-hybridized carbons (Fsp3) is 0.579. The number of carbonyl (C=O) groups excluding carboxylic acids is 2. The molecule has 1 aromatic rings. The average molecular weight is 366 g/mol. The van der Waals surface area contributed by atoms with E-state index in [4.69, 9.17) is 0 Å². The molecule has 6 heteroatoms. The first kappa shape index (κ1) is 19.7. The largest absolute Gasteiger partial charge is 0.333 e. The third-order valence-electron chi connectivity index (χ3n) is 5.12. The van der Waals surface area contributed by atoms with E-state index in [1.54, 1.807) is 6.07 Å². The summed E-state index contributed by atoms with van der Waals surface area (Å²) in [7, 11) is 0. The molecular formula is C19H28ClN3O2. The molecule has 1 aromatic carbocycles. The summed E-state index contributed by atoms with van der Waals surface area (Å²) < 4.78 is 0. The minimum atomic E-state index is 0. The van der Waals surface area contributed by atoms with E-state index in [0.29, 0.717) is 5.56 Å². The topological polar surface area (TPSA) is 61.4 Å². The molecule has 2 amide bonds. The summed E-state index contributed by atoms with van der Waals surface area (Å²) in [4.78, 5) is 27.0. The number of piperazine rings is 1. The van der Waals surface area contributed by atoms with Crippen LogP contribution in [0.5, 0.6) is 0 Å². The van der Waals surface area contributed by atoms with Gasteiger partial charge < -0.3 is 15.5 Å². The molecule has 25 heavy (non-hydrogen) atoms. The number of nitrogens with one attached hydrogen (secondary N) is 2. The molecule has 1 heterocycles. The van der Waals surface area contributed by atoms with Crippen molar-refractivity contribution < 1.29 is 9.59 Å². The standard InChI is InChI=1S/C19H27N3O2.ClH/c1-14-13-20-10-11-22(14)19(24)16-8-5-9-17(12-16)21-18(23)15-6-3-2-4-7-15;/h5,8-9,12,14-15,20H,2-4,6-7,10-11,13H2,1H3,(H,21,23);1H/t14-;/m0./s1. The molecule has 3 rings (SSSR count). The van der Waals surface area contributed by atoms with Gasteiger partial charge in [0.2, 0.25) is 5.91 Å². The SMILES string of the molecule is C[C@H]1CNCCN1C(=O)c1cccc(NC(=O)C2CCCCC2)c1.Cl. The Morgan fingerprint density at radius 1 is 1.20 bits per heavy atom. The van der Waals surface area contributed by atoms with Crippen molar-refractivity contribution in [2.75, 3.05) is 25.0 Å². The number of rotatable bonds is 3. The van der Waals surface area contributed by atoms with Gasteiger partial charge in [-0.25, -0.2) is 0 Å². The minimum absolute atomic E-state index is 0. The molecule has 138 valence electrons. The zero-order valence-corrected chi connectivity index (χ0v) is 15.6. The Morgan fingerprint density at radius 2 is 1.96 bits per heavy atom. The van der Waals surface area contributed by atoms with E-state index in [2.05, 4.69) is 17.6 Å². The third kappa shape index (κ3) is 4.95. The van der Waals surface area contributed by atoms with E-state index in [-0.39, 0.29) is 36.2 Å². The van der Waals surface area contributed by atoms with Gasteiger partial charge in [0.15, 0.2) is 0 Å². The second-order valence-electron chi connectivity index (χ2n) is 6.96. The number of carbonyl (C=O) groups is 2. The quantitative estimate of drug-likeness (QED) is 0.865. The van der Waals surface area contributed by atoms with Crippen LogP contribution in [0.1, 0.15) is 49.4 Å². The van der Waals surface area contributed by atoms with Crippen LogP contribution in [0.25, 0.3) is 0 Å². The minimum Gasteiger partial charge on any atom is -0.333 e. The molecular weight excluding hydrogens is 338 g/mol. The van der Waals surface area contributed by atoms with Crippen molar-refractivity contribution in [3.05, 3.63) is 29.8 Å². The number of hydrogen-bond acceptors (Lipinski definition) is 3. The first-order valence-corrected chi connectivity index (χ1v) is 9.08. The number of anilines is 1. The molecule has 2 fully saturated rings. The molecule has 0 unspecified atom stereocenters. The molecule has 1 aliphatic heterocycles. The highest BCUT2D eigenvalue weighted by Crippen LogP contribution is 2.25. The monoisotopic (exact) mass is 365 g/mol. The van der Waals surface area contributed by atoms with Gasteiger partial charge >= 0.3 is 0 Å². The van der Waals surface area contributed by atoms with Crippen molar-refractivity contribution in [2.24, 2.45) is 5.92 Å². The van der Waals surface area contributed by atoms with Crippen LogP contribution in [-0.4, -0.2) is 42.4 Å². The van der Waals surface area contributed by atoms with E-state index >= 15 is 0 Å². The zero-order chi connectivity index (χ0) is 16.9. The molecule has 0 aromatic heterocycles. The van der Waals surface area contributed by atoms with Crippen molar-refractivity contribution in [3.63, 3.8) is 0 Å². The Balaban J connectivity index is 0.00000225. The van der Waals surface area contributed by atoms with Gasteiger partial charge in [-0.3, -0.25) is 9.59 Å². The highest BCUT2D eigenvalue weighted by atomic mass is 35.5. The van der Waals surface area contributed by atoms with Gasteiger partial charge in [-0.2, -0.15) is 0 Å². The lowest BCUT2D eigenvalue weighted by Gasteiger charge is -2.34. The summed E-state index contributed by atoms with van der Waals surface area (Å²) >= 11 is 0. The first-order chi connectivity index (χ1) is 11.6. The van der Waals surface area contributed by atoms with Gasteiger partial charge in [0.25, 0.3) is 5.91 Å². The number of hydrogen-bond donors (Lipinski definition) is 2. The Labute approximate surface area is 155 Å². The molecule has 5 nitrogen and oxygen atoms in total. The highest BCUT2D eigenvalue weighted by molar-refractivity contribution is 5.97. The van der Waals surface area contributed by atoms with E-state index in [9.17, 15) is 9.59 Å². The van der Waals surface area contributed by atoms with Crippen LogP contribution in [0.3, 0.4) is 0 Å². The molecule has 0 spiro atoms. The Kier molecular flexibility index (Phi) is 7.26. The van der Waals surface area contributed by atoms with Crippen molar-refractivity contribution in [3.8, 4) is 0 Å². The van der Waals surface area contributed by atoms with Crippen molar-refractivity contribution >= 4 is 29.9 Å². The fourth-order valence-corrected chi connectivity index (χ4v) is 3.65. The van der Waals surface area contributed by atoms with Crippen LogP contribution in [-0.2, 0) is 4.79 Å². The second-order valence-corrected chi connectivity index (χ2v) is 6.96. The summed E-state index contributed by atoms with van der Waals surface area (Å²) in [6.07, 6.45) is 5.46. The van der Waals surface area contributed by atoms with Crippen molar-refractivity contribution in [1.29, 1.82) is 0 Å². The summed E-state index contributed by atoms with van der Waals surface area (Å²) in [5.41, 5.74) is 1.37. The van der Waals surface area contributed by atoms with E-state index in [1.165, 1.54) is 6.42 Å². The third-order valence-corrected chi connectivity index (χ3v) is 5.12. The maximum absolute atomic E-state index is 12.7. The van der Waals surface area contributed by atoms with Gasteiger partial charge in [-0.15, -0.1) is 12.4 Å². The predicted molar refractivity (Wildman–Crippen MR) is 102 cm³/mol. The van der Waals surface area contributed by atoms with Gasteiger partial charge in [0, 0.05) is 42.8 Å². The lowest BCUT2D eigenvalue weighted by atomic mass is 9.88. The summed E-state index contributed by atoms with van der Waals surface area (Å²) in [5, 5.41) is 6.29. The summed E-state index contributed by atoms with van der Waals surface area (Å²) in [6, 6.07) is 7.52. The molecule has 1 saturated heterocycles. The first-order valence-electron chi connectivity index (χ1n) is 9.08. The Hall–Kier alpha value is -1.59. The molecule has 0 radical (unpaired) electrons. The zero-order valence-electron chi connectivity index (χ0n) is 14.8. The van der Waals surface area contributed by atoms with Gasteiger partial charge in [0.1, 0.15) is 0 Å². The molecule has 1 saturated carbocycles.